The van der Waals surface area contributed by atoms with Gasteiger partial charge in [-0.25, -0.2) is 0 Å². The van der Waals surface area contributed by atoms with Gasteiger partial charge in [-0.1, -0.05) is 6.42 Å². The van der Waals surface area contributed by atoms with E-state index < -0.39 is 0 Å². The number of nitrogens with zero attached hydrogens (tertiary/aromatic N) is 1. The molecule has 19 heavy (non-hydrogen) atoms. The molecule has 0 saturated heterocycles. The first kappa shape index (κ1) is 13.4. The lowest BCUT2D eigenvalue weighted by atomic mass is 9.50. The summed E-state index contributed by atoms with van der Waals surface area (Å²) < 4.78 is 6.02. The van der Waals surface area contributed by atoms with E-state index in [9.17, 15) is 0 Å². The Balaban J connectivity index is 1.37. The molecule has 0 radical (unpaired) electrons. The third-order valence-corrected chi connectivity index (χ3v) is 5.65. The summed E-state index contributed by atoms with van der Waals surface area (Å²) in [6.07, 6.45) is 12.9. The molecule has 2 nitrogen and oxygen atoms in total. The van der Waals surface area contributed by atoms with Crippen molar-refractivity contribution in [3.63, 3.8) is 0 Å². The third kappa shape index (κ3) is 3.14. The minimum absolute atomic E-state index is 0.571. The Hall–Kier alpha value is -0.550. The Morgan fingerprint density at radius 3 is 2.16 bits per heavy atom. The Bertz CT molecular complexity index is 308. The van der Waals surface area contributed by atoms with Crippen LogP contribution in [-0.4, -0.2) is 13.2 Å². The monoisotopic (exact) mass is 261 g/mol. The van der Waals surface area contributed by atoms with Crippen molar-refractivity contribution >= 4 is 0 Å². The second-order valence-corrected chi connectivity index (χ2v) is 7.44. The number of nitriles is 1. The first-order valence-corrected chi connectivity index (χ1v) is 8.24. The average Bonchev–Trinajstić information content (AvgIpc) is 2.36. The van der Waals surface area contributed by atoms with Gasteiger partial charge in [-0.2, -0.15) is 5.26 Å². The van der Waals surface area contributed by atoms with E-state index in [0.29, 0.717) is 11.8 Å². The fourth-order valence-electron chi connectivity index (χ4n) is 5.34. The van der Waals surface area contributed by atoms with E-state index in [-0.39, 0.29) is 0 Å². The molecular weight excluding hydrogens is 234 g/mol. The Morgan fingerprint density at radius 2 is 1.58 bits per heavy atom. The maximum Gasteiger partial charge on any atom is 0.0621 e. The summed E-state index contributed by atoms with van der Waals surface area (Å²) in [6, 6.07) is 2.21. The van der Waals surface area contributed by atoms with E-state index in [1.807, 2.05) is 0 Å². The van der Waals surface area contributed by atoms with Gasteiger partial charge in [0.2, 0.25) is 0 Å². The van der Waals surface area contributed by atoms with Crippen molar-refractivity contribution in [1.29, 1.82) is 5.26 Å². The second-order valence-electron chi connectivity index (χ2n) is 7.44. The van der Waals surface area contributed by atoms with E-state index in [0.717, 1.165) is 50.2 Å². The lowest BCUT2D eigenvalue weighted by Crippen LogP contribution is -2.48. The summed E-state index contributed by atoms with van der Waals surface area (Å²) >= 11 is 0. The maximum atomic E-state index is 8.48. The van der Waals surface area contributed by atoms with Gasteiger partial charge in [0.1, 0.15) is 0 Å². The molecule has 4 rings (SSSR count). The highest BCUT2D eigenvalue weighted by atomic mass is 16.5. The molecule has 0 spiro atoms. The fourth-order valence-corrected chi connectivity index (χ4v) is 5.34. The SMILES string of the molecule is N#CCCCCCOCC12CC3CC(CC(C3)C1)C2. The molecule has 4 aliphatic rings. The van der Waals surface area contributed by atoms with Crippen LogP contribution in [0.25, 0.3) is 0 Å². The first-order valence-electron chi connectivity index (χ1n) is 8.24. The molecule has 0 atom stereocenters. The van der Waals surface area contributed by atoms with E-state index in [1.165, 1.54) is 38.5 Å². The van der Waals surface area contributed by atoms with Gasteiger partial charge in [0.05, 0.1) is 12.7 Å². The van der Waals surface area contributed by atoms with E-state index >= 15 is 0 Å². The first-order chi connectivity index (χ1) is 9.30. The van der Waals surface area contributed by atoms with Crippen LogP contribution in [0.3, 0.4) is 0 Å². The molecule has 0 N–H and O–H groups in total. The predicted octanol–water partition coefficient (Wildman–Crippen LogP) is 4.30. The van der Waals surface area contributed by atoms with Crippen molar-refractivity contribution in [2.75, 3.05) is 13.2 Å². The molecule has 4 fully saturated rings. The normalized spacial score (nSPS) is 39.4. The number of hydrogen-bond acceptors (Lipinski definition) is 2. The van der Waals surface area contributed by atoms with Crippen molar-refractivity contribution in [1.82, 2.24) is 0 Å². The summed E-state index contributed by atoms with van der Waals surface area (Å²) in [6.45, 7) is 1.93. The standard InChI is InChI=1S/C17H27NO/c18-5-3-1-2-4-6-19-13-17-10-14-7-15(11-17)9-16(8-14)12-17/h14-16H,1-4,6-13H2. The molecule has 106 valence electrons. The van der Waals surface area contributed by atoms with Crippen LogP contribution in [0.1, 0.15) is 64.2 Å². The van der Waals surface area contributed by atoms with Gasteiger partial charge in [0, 0.05) is 13.0 Å². The maximum absolute atomic E-state index is 8.48. The molecule has 0 aromatic heterocycles. The molecule has 2 heteroatoms. The molecular formula is C17H27NO. The molecule has 0 amide bonds. The molecule has 4 saturated carbocycles. The summed E-state index contributed by atoms with van der Waals surface area (Å²) in [4.78, 5) is 0. The molecule has 0 unspecified atom stereocenters. The van der Waals surface area contributed by atoms with Crippen LogP contribution in [0.4, 0.5) is 0 Å². The summed E-state index contributed by atoms with van der Waals surface area (Å²) in [5, 5.41) is 8.48. The van der Waals surface area contributed by atoms with E-state index in [4.69, 9.17) is 10.00 Å². The van der Waals surface area contributed by atoms with Crippen LogP contribution >= 0.6 is 0 Å². The minimum atomic E-state index is 0.571. The van der Waals surface area contributed by atoms with Crippen molar-refractivity contribution in [3.8, 4) is 6.07 Å². The summed E-state index contributed by atoms with van der Waals surface area (Å²) in [5.41, 5.74) is 0.571. The van der Waals surface area contributed by atoms with Gasteiger partial charge in [0.15, 0.2) is 0 Å². The number of ether oxygens (including phenoxy) is 1. The Morgan fingerprint density at radius 1 is 0.947 bits per heavy atom. The van der Waals surface area contributed by atoms with Crippen LogP contribution < -0.4 is 0 Å². The number of rotatable bonds is 7. The highest BCUT2D eigenvalue weighted by molar-refractivity contribution is 5.01. The molecule has 4 bridgehead atoms. The predicted molar refractivity (Wildman–Crippen MR) is 75.5 cm³/mol. The molecule has 0 heterocycles. The molecule has 4 aliphatic carbocycles. The van der Waals surface area contributed by atoms with E-state index in [1.54, 1.807) is 0 Å². The highest BCUT2D eigenvalue weighted by Gasteiger charge is 2.50. The molecule has 0 aromatic rings. The van der Waals surface area contributed by atoms with Gasteiger partial charge < -0.3 is 4.74 Å². The van der Waals surface area contributed by atoms with E-state index in [2.05, 4.69) is 6.07 Å². The quantitative estimate of drug-likeness (QED) is 0.640. The fraction of sp³-hybridized carbons (Fsp3) is 0.941. The van der Waals surface area contributed by atoms with Crippen LogP contribution in [-0.2, 0) is 4.74 Å². The second kappa shape index (κ2) is 5.83. The zero-order valence-corrected chi connectivity index (χ0v) is 12.1. The number of hydrogen-bond donors (Lipinski definition) is 0. The molecule has 0 aromatic carbocycles. The van der Waals surface area contributed by atoms with Crippen LogP contribution in [0.5, 0.6) is 0 Å². The lowest BCUT2D eigenvalue weighted by Gasteiger charge is -2.56. The van der Waals surface area contributed by atoms with Crippen molar-refractivity contribution in [2.24, 2.45) is 23.2 Å². The average molecular weight is 261 g/mol. The van der Waals surface area contributed by atoms with Crippen LogP contribution in [0.2, 0.25) is 0 Å². The lowest BCUT2D eigenvalue weighted by molar-refractivity contribution is -0.0965. The van der Waals surface area contributed by atoms with Crippen molar-refractivity contribution in [2.45, 2.75) is 64.2 Å². The van der Waals surface area contributed by atoms with Crippen molar-refractivity contribution in [3.05, 3.63) is 0 Å². The molecule has 0 aliphatic heterocycles. The van der Waals surface area contributed by atoms with Gasteiger partial charge >= 0.3 is 0 Å². The van der Waals surface area contributed by atoms with Crippen LogP contribution in [0.15, 0.2) is 0 Å². The van der Waals surface area contributed by atoms with Gasteiger partial charge in [-0.05, 0) is 74.5 Å². The van der Waals surface area contributed by atoms with Gasteiger partial charge in [0.25, 0.3) is 0 Å². The zero-order chi connectivity index (χ0) is 13.1. The van der Waals surface area contributed by atoms with Gasteiger partial charge in [-0.3, -0.25) is 0 Å². The largest absolute Gasteiger partial charge is 0.381 e. The summed E-state index contributed by atoms with van der Waals surface area (Å²) in [5.74, 6) is 3.10. The topological polar surface area (TPSA) is 33.0 Å². The van der Waals surface area contributed by atoms with Crippen molar-refractivity contribution < 1.29 is 4.74 Å². The van der Waals surface area contributed by atoms with Crippen LogP contribution in [0, 0.1) is 34.5 Å². The van der Waals surface area contributed by atoms with Gasteiger partial charge in [-0.15, -0.1) is 0 Å². The highest BCUT2D eigenvalue weighted by Crippen LogP contribution is 2.59. The number of unbranched alkanes of at least 4 members (excludes halogenated alkanes) is 3. The summed E-state index contributed by atoms with van der Waals surface area (Å²) in [7, 11) is 0. The zero-order valence-electron chi connectivity index (χ0n) is 12.1. The Kier molecular flexibility index (Phi) is 4.12. The smallest absolute Gasteiger partial charge is 0.0621 e. The third-order valence-electron chi connectivity index (χ3n) is 5.65. The Labute approximate surface area is 117 Å². The minimum Gasteiger partial charge on any atom is -0.381 e.